The summed E-state index contributed by atoms with van der Waals surface area (Å²) in [7, 11) is 0. The van der Waals surface area contributed by atoms with Crippen molar-refractivity contribution in [3.63, 3.8) is 0 Å². The Hall–Kier alpha value is -2.68. The number of hydrogen-bond acceptors (Lipinski definition) is 4. The highest BCUT2D eigenvalue weighted by Crippen LogP contribution is 2.33. The van der Waals surface area contributed by atoms with Crippen LogP contribution in [-0.4, -0.2) is 42.0 Å². The number of carbonyl (C=O) groups excluding carboxylic acids is 1. The number of halogens is 6. The fourth-order valence-corrected chi connectivity index (χ4v) is 4.23. The van der Waals surface area contributed by atoms with E-state index in [2.05, 4.69) is 15.2 Å². The molecule has 0 bridgehead atoms. The highest BCUT2D eigenvalue weighted by Gasteiger charge is 2.34. The second-order valence-electron chi connectivity index (χ2n) is 8.05. The standard InChI is InChI=1S/C24H20Cl3F3N4O/c1-14-2-3-15(25)12-20(14)31-22-17(5-7-21(32-22)24(28,29)30)23(35)34-10-8-33(9-11-34)16-4-6-18(26)19(27)13-16/h2-7,12-13H,8-11H2,1H3,(H,31,32). The van der Waals surface area contributed by atoms with Crippen molar-refractivity contribution in [1.29, 1.82) is 0 Å². The molecular weight excluding hydrogens is 524 g/mol. The molecule has 1 amide bonds. The van der Waals surface area contributed by atoms with Gasteiger partial charge in [-0.25, -0.2) is 4.98 Å². The number of aryl methyl sites for hydroxylation is 1. The van der Waals surface area contributed by atoms with Gasteiger partial charge < -0.3 is 15.1 Å². The number of alkyl halides is 3. The van der Waals surface area contributed by atoms with Crippen LogP contribution >= 0.6 is 34.8 Å². The fraction of sp³-hybridized carbons (Fsp3) is 0.250. The summed E-state index contributed by atoms with van der Waals surface area (Å²) in [4.78, 5) is 20.7. The van der Waals surface area contributed by atoms with E-state index in [0.717, 1.165) is 23.4 Å². The molecule has 2 aromatic carbocycles. The summed E-state index contributed by atoms with van der Waals surface area (Å²) in [5.74, 6) is -0.593. The van der Waals surface area contributed by atoms with Crippen LogP contribution in [0.4, 0.5) is 30.4 Å². The summed E-state index contributed by atoms with van der Waals surface area (Å²) in [6.07, 6.45) is -4.66. The highest BCUT2D eigenvalue weighted by molar-refractivity contribution is 6.42. The van der Waals surface area contributed by atoms with E-state index in [0.29, 0.717) is 46.9 Å². The summed E-state index contributed by atoms with van der Waals surface area (Å²) >= 11 is 18.2. The van der Waals surface area contributed by atoms with Crippen LogP contribution < -0.4 is 10.2 Å². The van der Waals surface area contributed by atoms with Crippen molar-refractivity contribution in [3.8, 4) is 0 Å². The lowest BCUT2D eigenvalue weighted by atomic mass is 10.1. The maximum atomic E-state index is 13.4. The van der Waals surface area contributed by atoms with Gasteiger partial charge in [-0.1, -0.05) is 40.9 Å². The number of benzene rings is 2. The van der Waals surface area contributed by atoms with E-state index >= 15 is 0 Å². The molecule has 5 nitrogen and oxygen atoms in total. The van der Waals surface area contributed by atoms with E-state index in [1.807, 2.05) is 6.07 Å². The minimum Gasteiger partial charge on any atom is -0.368 e. The van der Waals surface area contributed by atoms with Gasteiger partial charge in [-0.05, 0) is 55.0 Å². The molecule has 1 N–H and O–H groups in total. The van der Waals surface area contributed by atoms with Gasteiger partial charge in [0.1, 0.15) is 11.5 Å². The quantitative estimate of drug-likeness (QED) is 0.382. The number of pyridine rings is 1. The number of nitrogens with one attached hydrogen (secondary N) is 1. The average molecular weight is 544 g/mol. The Kier molecular flexibility index (Phi) is 7.35. The number of rotatable bonds is 4. The van der Waals surface area contributed by atoms with Crippen LogP contribution in [0.1, 0.15) is 21.6 Å². The first-order valence-corrected chi connectivity index (χ1v) is 11.8. The van der Waals surface area contributed by atoms with Gasteiger partial charge in [-0.15, -0.1) is 0 Å². The molecule has 0 atom stereocenters. The van der Waals surface area contributed by atoms with E-state index in [1.54, 1.807) is 42.2 Å². The van der Waals surface area contributed by atoms with Gasteiger partial charge in [0.15, 0.2) is 0 Å². The number of carbonyl (C=O) groups is 1. The molecule has 0 radical (unpaired) electrons. The highest BCUT2D eigenvalue weighted by atomic mass is 35.5. The van der Waals surface area contributed by atoms with E-state index in [-0.39, 0.29) is 11.4 Å². The minimum absolute atomic E-state index is 0.0420. The van der Waals surface area contributed by atoms with Gasteiger partial charge in [0.25, 0.3) is 5.91 Å². The second-order valence-corrected chi connectivity index (χ2v) is 9.30. The summed E-state index contributed by atoms with van der Waals surface area (Å²) in [5, 5.41) is 4.17. The smallest absolute Gasteiger partial charge is 0.368 e. The Morgan fingerprint density at radius 1 is 0.943 bits per heavy atom. The second kappa shape index (κ2) is 10.1. The Morgan fingerprint density at radius 2 is 1.66 bits per heavy atom. The molecule has 1 aromatic heterocycles. The molecule has 1 aliphatic heterocycles. The van der Waals surface area contributed by atoms with Crippen LogP contribution in [0.2, 0.25) is 15.1 Å². The SMILES string of the molecule is Cc1ccc(Cl)cc1Nc1nc(C(F)(F)F)ccc1C(=O)N1CCN(c2ccc(Cl)c(Cl)c2)CC1. The van der Waals surface area contributed by atoms with Gasteiger partial charge in [-0.3, -0.25) is 4.79 Å². The van der Waals surface area contributed by atoms with Crippen molar-refractivity contribution in [3.05, 3.63) is 80.4 Å². The third-order valence-electron chi connectivity index (χ3n) is 5.70. The van der Waals surface area contributed by atoms with Crippen molar-refractivity contribution in [1.82, 2.24) is 9.88 Å². The Labute approximate surface area is 215 Å². The maximum absolute atomic E-state index is 13.4. The van der Waals surface area contributed by atoms with Gasteiger partial charge in [0.2, 0.25) is 0 Å². The third-order valence-corrected chi connectivity index (χ3v) is 6.68. The van der Waals surface area contributed by atoms with Crippen molar-refractivity contribution in [2.24, 2.45) is 0 Å². The van der Waals surface area contributed by atoms with E-state index < -0.39 is 17.8 Å². The van der Waals surface area contributed by atoms with Crippen molar-refractivity contribution >= 4 is 57.9 Å². The number of nitrogens with zero attached hydrogens (tertiary/aromatic N) is 3. The molecule has 1 aliphatic rings. The summed E-state index contributed by atoms with van der Waals surface area (Å²) in [6.45, 7) is 3.56. The van der Waals surface area contributed by atoms with E-state index in [9.17, 15) is 18.0 Å². The molecule has 4 rings (SSSR count). The topological polar surface area (TPSA) is 48.5 Å². The number of amides is 1. The molecular formula is C24H20Cl3F3N4O. The van der Waals surface area contributed by atoms with Crippen LogP contribution in [-0.2, 0) is 6.18 Å². The molecule has 0 unspecified atom stereocenters. The van der Waals surface area contributed by atoms with Gasteiger partial charge in [0, 0.05) is 42.6 Å². The summed E-state index contributed by atoms with van der Waals surface area (Å²) in [5.41, 5.74) is 1.02. The predicted molar refractivity (Wildman–Crippen MR) is 133 cm³/mol. The molecule has 35 heavy (non-hydrogen) atoms. The molecule has 11 heteroatoms. The lowest BCUT2D eigenvalue weighted by Crippen LogP contribution is -2.49. The first kappa shape index (κ1) is 25.4. The number of piperazine rings is 1. The number of hydrogen-bond donors (Lipinski definition) is 1. The van der Waals surface area contributed by atoms with Crippen LogP contribution in [0, 0.1) is 6.92 Å². The lowest BCUT2D eigenvalue weighted by molar-refractivity contribution is -0.141. The molecule has 0 spiro atoms. The van der Waals surface area contributed by atoms with Crippen molar-refractivity contribution < 1.29 is 18.0 Å². The predicted octanol–water partition coefficient (Wildman–Crippen LogP) is 7.08. The maximum Gasteiger partial charge on any atom is 0.433 e. The molecule has 184 valence electrons. The zero-order chi connectivity index (χ0) is 25.3. The molecule has 0 saturated carbocycles. The molecule has 0 aliphatic carbocycles. The first-order valence-electron chi connectivity index (χ1n) is 10.6. The van der Waals surface area contributed by atoms with Crippen LogP contribution in [0.15, 0.2) is 48.5 Å². The van der Waals surface area contributed by atoms with Crippen LogP contribution in [0.3, 0.4) is 0 Å². The Balaban J connectivity index is 1.58. The Morgan fingerprint density at radius 3 is 2.31 bits per heavy atom. The normalized spacial score (nSPS) is 14.3. The fourth-order valence-electron chi connectivity index (χ4n) is 3.76. The molecule has 2 heterocycles. The number of anilines is 3. The third kappa shape index (κ3) is 5.77. The molecule has 1 fully saturated rings. The zero-order valence-corrected chi connectivity index (χ0v) is 20.7. The van der Waals surface area contributed by atoms with Crippen LogP contribution in [0.5, 0.6) is 0 Å². The average Bonchev–Trinajstić information content (AvgIpc) is 2.82. The lowest BCUT2D eigenvalue weighted by Gasteiger charge is -2.36. The largest absolute Gasteiger partial charge is 0.433 e. The zero-order valence-electron chi connectivity index (χ0n) is 18.5. The summed E-state index contributed by atoms with van der Waals surface area (Å²) < 4.78 is 40.1. The summed E-state index contributed by atoms with van der Waals surface area (Å²) in [6, 6.07) is 12.3. The van der Waals surface area contributed by atoms with Gasteiger partial charge in [0.05, 0.1) is 15.6 Å². The van der Waals surface area contributed by atoms with Crippen LogP contribution in [0.25, 0.3) is 0 Å². The Bertz CT molecular complexity index is 1260. The molecule has 3 aromatic rings. The molecule has 1 saturated heterocycles. The number of aromatic nitrogens is 1. The van der Waals surface area contributed by atoms with Gasteiger partial charge >= 0.3 is 6.18 Å². The van der Waals surface area contributed by atoms with Crippen molar-refractivity contribution in [2.45, 2.75) is 13.1 Å². The van der Waals surface area contributed by atoms with E-state index in [4.69, 9.17) is 34.8 Å². The van der Waals surface area contributed by atoms with E-state index in [1.165, 1.54) is 0 Å². The minimum atomic E-state index is -4.66. The monoisotopic (exact) mass is 542 g/mol. The first-order chi connectivity index (χ1) is 16.5. The van der Waals surface area contributed by atoms with Gasteiger partial charge in [-0.2, -0.15) is 13.2 Å². The van der Waals surface area contributed by atoms with Crippen molar-refractivity contribution in [2.75, 3.05) is 36.4 Å².